The van der Waals surface area contributed by atoms with Gasteiger partial charge in [0.05, 0.1) is 12.3 Å². The molecule has 1 aliphatic heterocycles. The van der Waals surface area contributed by atoms with Crippen LogP contribution in [0.5, 0.6) is 0 Å². The van der Waals surface area contributed by atoms with Gasteiger partial charge in [0.2, 0.25) is 0 Å². The fourth-order valence-electron chi connectivity index (χ4n) is 1.57. The summed E-state index contributed by atoms with van der Waals surface area (Å²) in [6.45, 7) is 9.02. The topological polar surface area (TPSA) is 52.6 Å². The van der Waals surface area contributed by atoms with E-state index in [1.165, 1.54) is 0 Å². The molecule has 92 valence electrons. The summed E-state index contributed by atoms with van der Waals surface area (Å²) in [5.41, 5.74) is -1.61. The Morgan fingerprint density at radius 3 is 2.44 bits per heavy atom. The first-order valence-corrected chi connectivity index (χ1v) is 5.66. The van der Waals surface area contributed by atoms with Crippen molar-refractivity contribution >= 4 is 11.9 Å². The van der Waals surface area contributed by atoms with Crippen LogP contribution in [0.15, 0.2) is 0 Å². The number of carbonyl (C=O) groups excluding carboxylic acids is 2. The summed E-state index contributed by atoms with van der Waals surface area (Å²) in [7, 11) is 0. The molecule has 4 nitrogen and oxygen atoms in total. The largest absolute Gasteiger partial charge is 0.455 e. The molecule has 2 atom stereocenters. The first-order valence-electron chi connectivity index (χ1n) is 5.66. The smallest absolute Gasteiger partial charge is 0.310 e. The zero-order chi connectivity index (χ0) is 12.6. The Labute approximate surface area is 96.3 Å². The van der Waals surface area contributed by atoms with E-state index in [0.717, 1.165) is 6.42 Å². The number of carbonyl (C=O) groups is 2. The van der Waals surface area contributed by atoms with Crippen LogP contribution in [0.4, 0.5) is 0 Å². The van der Waals surface area contributed by atoms with Gasteiger partial charge in [-0.25, -0.2) is 0 Å². The van der Waals surface area contributed by atoms with Crippen LogP contribution in [-0.4, -0.2) is 23.1 Å². The second-order valence-corrected chi connectivity index (χ2v) is 5.12. The molecule has 1 heterocycles. The monoisotopic (exact) mass is 228 g/mol. The Kier molecular flexibility index (Phi) is 3.31. The molecule has 1 aliphatic rings. The summed E-state index contributed by atoms with van der Waals surface area (Å²) in [4.78, 5) is 23.0. The molecule has 0 aromatic rings. The fraction of sp³-hybridized carbons (Fsp3) is 0.833. The summed E-state index contributed by atoms with van der Waals surface area (Å²) in [6.07, 6.45) is 0.853. The van der Waals surface area contributed by atoms with Crippen LogP contribution in [0.3, 0.4) is 0 Å². The molecule has 2 unspecified atom stereocenters. The van der Waals surface area contributed by atoms with Crippen LogP contribution < -0.4 is 0 Å². The third-order valence-electron chi connectivity index (χ3n) is 3.46. The SMILES string of the molecule is CCC(C)C(=O)OC1(C)CC(=O)OC1(C)C. The molecular weight excluding hydrogens is 208 g/mol. The summed E-state index contributed by atoms with van der Waals surface area (Å²) in [5.74, 6) is -0.732. The number of hydrogen-bond acceptors (Lipinski definition) is 4. The zero-order valence-electron chi connectivity index (χ0n) is 10.6. The summed E-state index contributed by atoms with van der Waals surface area (Å²) in [6, 6.07) is 0. The highest BCUT2D eigenvalue weighted by molar-refractivity contribution is 5.77. The number of hydrogen-bond donors (Lipinski definition) is 0. The second kappa shape index (κ2) is 4.07. The van der Waals surface area contributed by atoms with Gasteiger partial charge in [0.25, 0.3) is 0 Å². The first kappa shape index (κ1) is 13.0. The van der Waals surface area contributed by atoms with Crippen LogP contribution >= 0.6 is 0 Å². The molecule has 1 rings (SSSR count). The summed E-state index contributed by atoms with van der Waals surface area (Å²) < 4.78 is 10.6. The van der Waals surface area contributed by atoms with Crippen LogP contribution in [0, 0.1) is 5.92 Å². The van der Waals surface area contributed by atoms with Crippen LogP contribution in [-0.2, 0) is 19.1 Å². The van der Waals surface area contributed by atoms with E-state index in [1.54, 1.807) is 20.8 Å². The van der Waals surface area contributed by atoms with Crippen molar-refractivity contribution in [1.82, 2.24) is 0 Å². The van der Waals surface area contributed by atoms with E-state index >= 15 is 0 Å². The fourth-order valence-corrected chi connectivity index (χ4v) is 1.57. The normalized spacial score (nSPS) is 29.7. The molecule has 0 aliphatic carbocycles. The van der Waals surface area contributed by atoms with Gasteiger partial charge in [-0.3, -0.25) is 9.59 Å². The Bertz CT molecular complexity index is 308. The molecule has 1 fully saturated rings. The van der Waals surface area contributed by atoms with Gasteiger partial charge in [0, 0.05) is 0 Å². The number of cyclic esters (lactones) is 1. The van der Waals surface area contributed by atoms with Gasteiger partial charge in [-0.2, -0.15) is 0 Å². The second-order valence-electron chi connectivity index (χ2n) is 5.12. The van der Waals surface area contributed by atoms with Gasteiger partial charge in [0.1, 0.15) is 5.60 Å². The predicted molar refractivity (Wildman–Crippen MR) is 58.7 cm³/mol. The average molecular weight is 228 g/mol. The molecule has 0 radical (unpaired) electrons. The minimum Gasteiger partial charge on any atom is -0.455 e. The van der Waals surface area contributed by atoms with E-state index in [2.05, 4.69) is 0 Å². The third kappa shape index (κ3) is 2.20. The van der Waals surface area contributed by atoms with Crippen molar-refractivity contribution in [2.45, 2.75) is 58.7 Å². The van der Waals surface area contributed by atoms with Crippen LogP contribution in [0.2, 0.25) is 0 Å². The quantitative estimate of drug-likeness (QED) is 0.694. The maximum Gasteiger partial charge on any atom is 0.310 e. The molecule has 0 aromatic heterocycles. The maximum absolute atomic E-state index is 11.7. The third-order valence-corrected chi connectivity index (χ3v) is 3.46. The molecule has 0 amide bonds. The molecular formula is C12H20O4. The van der Waals surface area contributed by atoms with Gasteiger partial charge >= 0.3 is 11.9 Å². The van der Waals surface area contributed by atoms with E-state index < -0.39 is 11.2 Å². The molecule has 0 saturated carbocycles. The van der Waals surface area contributed by atoms with E-state index in [1.807, 2.05) is 13.8 Å². The maximum atomic E-state index is 11.7. The molecule has 0 aromatic carbocycles. The van der Waals surface area contributed by atoms with Crippen molar-refractivity contribution in [3.05, 3.63) is 0 Å². The summed E-state index contributed by atoms with van der Waals surface area (Å²) >= 11 is 0. The van der Waals surface area contributed by atoms with Crippen LogP contribution in [0.25, 0.3) is 0 Å². The van der Waals surface area contributed by atoms with Crippen molar-refractivity contribution in [2.24, 2.45) is 5.92 Å². The molecule has 16 heavy (non-hydrogen) atoms. The highest BCUT2D eigenvalue weighted by atomic mass is 16.6. The van der Waals surface area contributed by atoms with E-state index in [0.29, 0.717) is 0 Å². The van der Waals surface area contributed by atoms with Gasteiger partial charge in [-0.15, -0.1) is 0 Å². The number of esters is 2. The molecule has 4 heteroatoms. The van der Waals surface area contributed by atoms with Gasteiger partial charge in [-0.05, 0) is 27.2 Å². The molecule has 0 bridgehead atoms. The van der Waals surface area contributed by atoms with Crippen molar-refractivity contribution in [3.63, 3.8) is 0 Å². The Hall–Kier alpha value is -1.06. The lowest BCUT2D eigenvalue weighted by molar-refractivity contribution is -0.179. The lowest BCUT2D eigenvalue weighted by Crippen LogP contribution is -2.48. The minimum absolute atomic E-state index is 0.127. The van der Waals surface area contributed by atoms with E-state index in [4.69, 9.17) is 9.47 Å². The first-order chi connectivity index (χ1) is 7.22. The molecule has 1 saturated heterocycles. The van der Waals surface area contributed by atoms with Gasteiger partial charge in [-0.1, -0.05) is 13.8 Å². The Balaban J connectivity index is 2.79. The Morgan fingerprint density at radius 2 is 2.06 bits per heavy atom. The summed E-state index contributed by atoms with van der Waals surface area (Å²) in [5, 5.41) is 0. The van der Waals surface area contributed by atoms with Crippen molar-refractivity contribution < 1.29 is 19.1 Å². The molecule has 0 N–H and O–H groups in total. The van der Waals surface area contributed by atoms with E-state index in [9.17, 15) is 9.59 Å². The van der Waals surface area contributed by atoms with Crippen molar-refractivity contribution in [3.8, 4) is 0 Å². The lowest BCUT2D eigenvalue weighted by Gasteiger charge is -2.35. The van der Waals surface area contributed by atoms with Gasteiger partial charge < -0.3 is 9.47 Å². The lowest BCUT2D eigenvalue weighted by atomic mass is 9.87. The standard InChI is InChI=1S/C12H20O4/c1-6-8(2)10(14)16-12(5)7-9(13)15-11(12,3)4/h8H,6-7H2,1-5H3. The Morgan fingerprint density at radius 1 is 1.50 bits per heavy atom. The van der Waals surface area contributed by atoms with Gasteiger partial charge in [0.15, 0.2) is 5.60 Å². The predicted octanol–water partition coefficient (Wildman–Crippen LogP) is 2.06. The van der Waals surface area contributed by atoms with Crippen molar-refractivity contribution in [1.29, 1.82) is 0 Å². The highest BCUT2D eigenvalue weighted by Crippen LogP contribution is 2.39. The zero-order valence-corrected chi connectivity index (χ0v) is 10.6. The minimum atomic E-state index is -0.857. The molecule has 0 spiro atoms. The highest BCUT2D eigenvalue weighted by Gasteiger charge is 2.55. The number of ether oxygens (including phenoxy) is 2. The van der Waals surface area contributed by atoms with Crippen LogP contribution in [0.1, 0.15) is 47.5 Å². The average Bonchev–Trinajstić information content (AvgIpc) is 2.33. The van der Waals surface area contributed by atoms with E-state index in [-0.39, 0.29) is 24.3 Å². The number of rotatable bonds is 3. The van der Waals surface area contributed by atoms with Crippen molar-refractivity contribution in [2.75, 3.05) is 0 Å².